The van der Waals surface area contributed by atoms with Crippen LogP contribution in [-0.2, 0) is 0 Å². The normalized spacial score (nSPS) is 12.2. The van der Waals surface area contributed by atoms with E-state index in [0.717, 1.165) is 21.3 Å². The number of ether oxygens (including phenoxy) is 1. The molecule has 0 aliphatic rings. The Labute approximate surface area is 115 Å². The summed E-state index contributed by atoms with van der Waals surface area (Å²) in [7, 11) is 1.65. The predicted molar refractivity (Wildman–Crippen MR) is 74.8 cm³/mol. The Balaban J connectivity index is 2.30. The van der Waals surface area contributed by atoms with Gasteiger partial charge in [0.1, 0.15) is 5.75 Å². The van der Waals surface area contributed by atoms with Crippen LogP contribution in [0.25, 0.3) is 0 Å². The SMILES string of the molecule is COc1ccc(C(Cl)c2ccccc2Br)cc1. The second-order valence-corrected chi connectivity index (χ2v) is 4.95. The molecule has 0 spiro atoms. The van der Waals surface area contributed by atoms with Crippen molar-refractivity contribution in [3.8, 4) is 5.75 Å². The van der Waals surface area contributed by atoms with Crippen LogP contribution in [0.5, 0.6) is 5.75 Å². The molecule has 17 heavy (non-hydrogen) atoms. The van der Waals surface area contributed by atoms with Gasteiger partial charge in [-0.05, 0) is 29.3 Å². The zero-order valence-corrected chi connectivity index (χ0v) is 11.7. The van der Waals surface area contributed by atoms with Gasteiger partial charge in [0.05, 0.1) is 12.5 Å². The molecule has 1 atom stereocenters. The van der Waals surface area contributed by atoms with E-state index in [2.05, 4.69) is 15.9 Å². The Morgan fingerprint density at radius 3 is 2.29 bits per heavy atom. The van der Waals surface area contributed by atoms with Crippen molar-refractivity contribution in [1.29, 1.82) is 0 Å². The largest absolute Gasteiger partial charge is 0.497 e. The molecule has 0 aliphatic heterocycles. The van der Waals surface area contributed by atoms with E-state index in [9.17, 15) is 0 Å². The molecule has 0 amide bonds. The third kappa shape index (κ3) is 2.82. The number of alkyl halides is 1. The van der Waals surface area contributed by atoms with Gasteiger partial charge in [-0.25, -0.2) is 0 Å². The number of methoxy groups -OCH3 is 1. The highest BCUT2D eigenvalue weighted by molar-refractivity contribution is 9.10. The van der Waals surface area contributed by atoms with Gasteiger partial charge in [-0.3, -0.25) is 0 Å². The lowest BCUT2D eigenvalue weighted by Crippen LogP contribution is -1.94. The van der Waals surface area contributed by atoms with Crippen molar-refractivity contribution in [3.63, 3.8) is 0 Å². The number of hydrogen-bond donors (Lipinski definition) is 0. The van der Waals surface area contributed by atoms with Crippen LogP contribution in [0.4, 0.5) is 0 Å². The minimum absolute atomic E-state index is 0.156. The van der Waals surface area contributed by atoms with E-state index >= 15 is 0 Å². The summed E-state index contributed by atoms with van der Waals surface area (Å²) >= 11 is 9.97. The Bertz CT molecular complexity index is 496. The fourth-order valence-corrected chi connectivity index (χ4v) is 2.61. The van der Waals surface area contributed by atoms with E-state index in [1.807, 2.05) is 48.5 Å². The van der Waals surface area contributed by atoms with Crippen molar-refractivity contribution in [2.24, 2.45) is 0 Å². The highest BCUT2D eigenvalue weighted by Gasteiger charge is 2.13. The van der Waals surface area contributed by atoms with Crippen LogP contribution in [0.15, 0.2) is 53.0 Å². The lowest BCUT2D eigenvalue weighted by Gasteiger charge is -2.12. The molecule has 2 rings (SSSR count). The number of halogens is 2. The first-order valence-corrected chi connectivity index (χ1v) is 6.48. The first-order valence-electron chi connectivity index (χ1n) is 5.25. The topological polar surface area (TPSA) is 9.23 Å². The molecule has 3 heteroatoms. The maximum atomic E-state index is 6.46. The molecule has 0 radical (unpaired) electrons. The fraction of sp³-hybridized carbons (Fsp3) is 0.143. The van der Waals surface area contributed by atoms with Gasteiger partial charge in [-0.1, -0.05) is 46.3 Å². The van der Waals surface area contributed by atoms with Gasteiger partial charge < -0.3 is 4.74 Å². The first kappa shape index (κ1) is 12.5. The van der Waals surface area contributed by atoms with Crippen LogP contribution >= 0.6 is 27.5 Å². The van der Waals surface area contributed by atoms with Crippen molar-refractivity contribution in [2.45, 2.75) is 5.38 Å². The number of hydrogen-bond acceptors (Lipinski definition) is 1. The summed E-state index contributed by atoms with van der Waals surface area (Å²) in [6, 6.07) is 15.8. The van der Waals surface area contributed by atoms with E-state index in [1.165, 1.54) is 0 Å². The molecule has 1 unspecified atom stereocenters. The van der Waals surface area contributed by atoms with E-state index in [-0.39, 0.29) is 5.38 Å². The summed E-state index contributed by atoms with van der Waals surface area (Å²) in [4.78, 5) is 0. The third-order valence-electron chi connectivity index (χ3n) is 2.59. The fourth-order valence-electron chi connectivity index (χ4n) is 1.63. The van der Waals surface area contributed by atoms with E-state index in [4.69, 9.17) is 16.3 Å². The van der Waals surface area contributed by atoms with Crippen molar-refractivity contribution >= 4 is 27.5 Å². The molecule has 0 fully saturated rings. The lowest BCUT2D eigenvalue weighted by molar-refractivity contribution is 0.414. The lowest BCUT2D eigenvalue weighted by atomic mass is 10.0. The van der Waals surface area contributed by atoms with Crippen molar-refractivity contribution in [1.82, 2.24) is 0 Å². The first-order chi connectivity index (χ1) is 8.22. The van der Waals surface area contributed by atoms with Gasteiger partial charge in [-0.15, -0.1) is 11.6 Å². The van der Waals surface area contributed by atoms with Crippen LogP contribution in [0.1, 0.15) is 16.5 Å². The number of benzene rings is 2. The van der Waals surface area contributed by atoms with Crippen LogP contribution in [-0.4, -0.2) is 7.11 Å². The molecule has 0 saturated carbocycles. The molecule has 0 heterocycles. The van der Waals surface area contributed by atoms with Crippen LogP contribution in [0, 0.1) is 0 Å². The molecule has 0 N–H and O–H groups in total. The maximum Gasteiger partial charge on any atom is 0.118 e. The molecule has 1 nitrogen and oxygen atoms in total. The minimum Gasteiger partial charge on any atom is -0.497 e. The summed E-state index contributed by atoms with van der Waals surface area (Å²) in [6.07, 6.45) is 0. The molecule has 88 valence electrons. The molecule has 0 aromatic heterocycles. The molecule has 0 bridgehead atoms. The second kappa shape index (κ2) is 5.56. The van der Waals surface area contributed by atoms with E-state index in [1.54, 1.807) is 7.11 Å². The average Bonchev–Trinajstić information content (AvgIpc) is 2.39. The Morgan fingerprint density at radius 1 is 1.06 bits per heavy atom. The monoisotopic (exact) mass is 310 g/mol. The Morgan fingerprint density at radius 2 is 1.71 bits per heavy atom. The van der Waals surface area contributed by atoms with Gasteiger partial charge in [0.2, 0.25) is 0 Å². The van der Waals surface area contributed by atoms with Gasteiger partial charge in [0, 0.05) is 4.47 Å². The molecular weight excluding hydrogens is 300 g/mol. The average molecular weight is 312 g/mol. The maximum absolute atomic E-state index is 6.46. The van der Waals surface area contributed by atoms with Gasteiger partial charge >= 0.3 is 0 Å². The molecule has 2 aromatic rings. The third-order valence-corrected chi connectivity index (χ3v) is 3.80. The number of rotatable bonds is 3. The molecular formula is C14H12BrClO. The predicted octanol–water partition coefficient (Wildman–Crippen LogP) is 4.79. The van der Waals surface area contributed by atoms with Gasteiger partial charge in [0.15, 0.2) is 0 Å². The summed E-state index contributed by atoms with van der Waals surface area (Å²) in [6.45, 7) is 0. The Hall–Kier alpha value is -0.990. The van der Waals surface area contributed by atoms with Crippen molar-refractivity contribution < 1.29 is 4.74 Å². The smallest absolute Gasteiger partial charge is 0.118 e. The second-order valence-electron chi connectivity index (χ2n) is 3.66. The molecule has 2 aromatic carbocycles. The summed E-state index contributed by atoms with van der Waals surface area (Å²) in [5, 5.41) is -0.156. The van der Waals surface area contributed by atoms with Gasteiger partial charge in [-0.2, -0.15) is 0 Å². The van der Waals surface area contributed by atoms with Crippen molar-refractivity contribution in [2.75, 3.05) is 7.11 Å². The van der Waals surface area contributed by atoms with Crippen LogP contribution in [0.3, 0.4) is 0 Å². The van der Waals surface area contributed by atoms with E-state index < -0.39 is 0 Å². The zero-order valence-electron chi connectivity index (χ0n) is 9.36. The standard InChI is InChI=1S/C14H12BrClO/c1-17-11-8-6-10(7-9-11)14(16)12-4-2-3-5-13(12)15/h2-9,14H,1H3. The van der Waals surface area contributed by atoms with Gasteiger partial charge in [0.25, 0.3) is 0 Å². The van der Waals surface area contributed by atoms with Crippen molar-refractivity contribution in [3.05, 3.63) is 64.1 Å². The Kier molecular flexibility index (Phi) is 4.08. The summed E-state index contributed by atoms with van der Waals surface area (Å²) in [5.74, 6) is 0.838. The van der Waals surface area contributed by atoms with E-state index in [0.29, 0.717) is 0 Å². The zero-order chi connectivity index (χ0) is 12.3. The van der Waals surface area contributed by atoms with Crippen LogP contribution in [0.2, 0.25) is 0 Å². The quantitative estimate of drug-likeness (QED) is 0.741. The van der Waals surface area contributed by atoms with Crippen LogP contribution < -0.4 is 4.74 Å². The molecule has 0 saturated heterocycles. The molecule has 0 aliphatic carbocycles. The highest BCUT2D eigenvalue weighted by atomic mass is 79.9. The summed E-state index contributed by atoms with van der Waals surface area (Å²) < 4.78 is 6.15. The minimum atomic E-state index is -0.156. The summed E-state index contributed by atoms with van der Waals surface area (Å²) in [5.41, 5.74) is 2.12. The highest BCUT2D eigenvalue weighted by Crippen LogP contribution is 2.34.